The molecule has 540 valence electrons. The summed E-state index contributed by atoms with van der Waals surface area (Å²) in [4.78, 5) is 37.7. The summed E-state index contributed by atoms with van der Waals surface area (Å²) < 4.78 is 23.0. The van der Waals surface area contributed by atoms with Gasteiger partial charge in [0.15, 0.2) is 6.10 Å². The summed E-state index contributed by atoms with van der Waals surface area (Å²) in [5.74, 6) is -2.02. The number of esters is 2. The normalized spacial score (nSPS) is 13.1. The number of ether oxygens (including phenoxy) is 4. The fraction of sp³-hybridized carbons (Fsp3) is 0.798. The maximum atomic E-state index is 13.0. The molecular weight excluding hydrogens is 1150 g/mol. The first-order valence-corrected chi connectivity index (χ1v) is 39.8. The van der Waals surface area contributed by atoms with Crippen molar-refractivity contribution >= 4 is 17.9 Å². The topological polar surface area (TPSA) is 108 Å². The second-order valence-corrected chi connectivity index (χ2v) is 28.0. The summed E-state index contributed by atoms with van der Waals surface area (Å²) in [5, 5.41) is 9.76. The number of carboxylic acid groups (broad SMARTS) is 1. The zero-order chi connectivity index (χ0) is 67.5. The van der Waals surface area contributed by atoms with Crippen LogP contribution in [0.15, 0.2) is 85.1 Å². The number of carboxylic acids is 1. The van der Waals surface area contributed by atoms with Crippen molar-refractivity contribution in [1.29, 1.82) is 0 Å². The van der Waals surface area contributed by atoms with Crippen LogP contribution in [-0.4, -0.2) is 87.4 Å². The van der Waals surface area contributed by atoms with E-state index in [1.165, 1.54) is 244 Å². The highest BCUT2D eigenvalue weighted by atomic mass is 16.7. The lowest BCUT2D eigenvalue weighted by Crippen LogP contribution is -2.40. The van der Waals surface area contributed by atoms with Gasteiger partial charge in [0, 0.05) is 12.8 Å². The van der Waals surface area contributed by atoms with Crippen molar-refractivity contribution in [3.63, 3.8) is 0 Å². The Morgan fingerprint density at radius 1 is 0.333 bits per heavy atom. The second kappa shape index (κ2) is 74.3. The van der Waals surface area contributed by atoms with E-state index in [4.69, 9.17) is 18.9 Å². The molecule has 1 N–H and O–H groups in total. The molecule has 0 saturated carbocycles. The Kier molecular flexibility index (Phi) is 71.4. The molecule has 0 aromatic heterocycles. The minimum absolute atomic E-state index is 0.181. The average molecular weight is 1300 g/mol. The SMILES string of the molecule is CC/C=C\C/C=C\C/C=C\C/C=C\C/C=C\C/C=C\C/C=C\CCCCCCCC(=O)OC(COC(=O)CCCCCCCCCCCCCCCCCCCCCCCCCCCCCCCCCCCCCCCCCCC)COC(OCC[N+](C)(C)C)C(=O)O. The minimum Gasteiger partial charge on any atom is -0.477 e. The Balaban J connectivity index is 3.98. The number of quaternary nitrogens is 1. The molecular formula is C84H152NO8+. The van der Waals surface area contributed by atoms with Crippen LogP contribution in [0.25, 0.3) is 0 Å². The molecule has 0 aromatic rings. The van der Waals surface area contributed by atoms with Gasteiger partial charge in [0.25, 0.3) is 6.29 Å². The molecule has 93 heavy (non-hydrogen) atoms. The zero-order valence-electron chi connectivity index (χ0n) is 61.9. The van der Waals surface area contributed by atoms with Gasteiger partial charge in [0.05, 0.1) is 34.4 Å². The third kappa shape index (κ3) is 75.7. The van der Waals surface area contributed by atoms with Crippen molar-refractivity contribution in [3.8, 4) is 0 Å². The first kappa shape index (κ1) is 89.5. The monoisotopic (exact) mass is 1300 g/mol. The highest BCUT2D eigenvalue weighted by Gasteiger charge is 2.25. The average Bonchev–Trinajstić information content (AvgIpc) is 3.38. The summed E-state index contributed by atoms with van der Waals surface area (Å²) >= 11 is 0. The molecule has 0 amide bonds. The van der Waals surface area contributed by atoms with Crippen molar-refractivity contribution in [2.75, 3.05) is 47.5 Å². The van der Waals surface area contributed by atoms with Gasteiger partial charge in [-0.25, -0.2) is 4.79 Å². The summed E-state index contributed by atoms with van der Waals surface area (Å²) in [7, 11) is 5.98. The van der Waals surface area contributed by atoms with Crippen LogP contribution < -0.4 is 0 Å². The minimum atomic E-state index is -1.52. The van der Waals surface area contributed by atoms with Gasteiger partial charge in [-0.15, -0.1) is 0 Å². The Labute approximate surface area is 576 Å². The number of aliphatic carboxylic acids is 1. The number of nitrogens with zero attached hydrogens (tertiary/aromatic N) is 1. The summed E-state index contributed by atoms with van der Waals surface area (Å²) in [5.41, 5.74) is 0. The van der Waals surface area contributed by atoms with Crippen LogP contribution in [0.5, 0.6) is 0 Å². The largest absolute Gasteiger partial charge is 0.477 e. The van der Waals surface area contributed by atoms with E-state index in [0.717, 1.165) is 96.3 Å². The van der Waals surface area contributed by atoms with Gasteiger partial charge in [-0.3, -0.25) is 9.59 Å². The number of allylic oxidation sites excluding steroid dienone is 14. The van der Waals surface area contributed by atoms with Gasteiger partial charge in [-0.1, -0.05) is 375 Å². The molecule has 0 aliphatic carbocycles. The van der Waals surface area contributed by atoms with E-state index < -0.39 is 24.3 Å². The second-order valence-electron chi connectivity index (χ2n) is 28.0. The van der Waals surface area contributed by atoms with Crippen LogP contribution in [0.3, 0.4) is 0 Å². The van der Waals surface area contributed by atoms with Crippen molar-refractivity contribution in [3.05, 3.63) is 85.1 Å². The molecule has 2 atom stereocenters. The fourth-order valence-electron chi connectivity index (χ4n) is 11.6. The zero-order valence-corrected chi connectivity index (χ0v) is 61.9. The lowest BCUT2D eigenvalue weighted by molar-refractivity contribution is -0.870. The molecule has 0 aliphatic rings. The van der Waals surface area contributed by atoms with Crippen molar-refractivity contribution in [2.24, 2.45) is 0 Å². The lowest BCUT2D eigenvalue weighted by Gasteiger charge is -2.25. The molecule has 0 spiro atoms. The molecule has 0 aliphatic heterocycles. The van der Waals surface area contributed by atoms with E-state index >= 15 is 0 Å². The van der Waals surface area contributed by atoms with Crippen LogP contribution in [0, 0.1) is 0 Å². The van der Waals surface area contributed by atoms with Gasteiger partial charge < -0.3 is 28.5 Å². The van der Waals surface area contributed by atoms with Crippen molar-refractivity contribution in [2.45, 2.75) is 386 Å². The Bertz CT molecular complexity index is 1810. The first-order chi connectivity index (χ1) is 45.6. The van der Waals surface area contributed by atoms with E-state index in [0.29, 0.717) is 23.9 Å². The number of unbranched alkanes of at least 4 members (excludes halogenated alkanes) is 45. The number of hydrogen-bond acceptors (Lipinski definition) is 7. The van der Waals surface area contributed by atoms with Gasteiger partial charge >= 0.3 is 17.9 Å². The van der Waals surface area contributed by atoms with Crippen molar-refractivity contribution < 1.29 is 42.9 Å². The number of rotatable bonds is 74. The predicted octanol–water partition coefficient (Wildman–Crippen LogP) is 25.4. The predicted molar refractivity (Wildman–Crippen MR) is 401 cm³/mol. The van der Waals surface area contributed by atoms with E-state index in [-0.39, 0.29) is 32.2 Å². The third-order valence-electron chi connectivity index (χ3n) is 17.7. The number of likely N-dealkylation sites (N-methyl/N-ethyl adjacent to an activating group) is 1. The Morgan fingerprint density at radius 3 is 0.914 bits per heavy atom. The maximum absolute atomic E-state index is 13.0. The lowest BCUT2D eigenvalue weighted by atomic mass is 10.0. The molecule has 0 fully saturated rings. The Morgan fingerprint density at radius 2 is 0.613 bits per heavy atom. The molecule has 0 heterocycles. The van der Waals surface area contributed by atoms with Crippen LogP contribution in [0.2, 0.25) is 0 Å². The standard InChI is InChI=1S/C84H151NO8/c1-6-8-10-12-14-16-18-20-22-24-26-28-30-32-34-35-36-37-38-39-40-41-42-43-44-45-46-47-49-50-52-54-56-58-60-62-64-66-68-70-72-74-81(86)91-78-80(79-92-84(83(88)89)90-77-76-85(3,4)5)93-82(87)75-73-71-69-67-65-63-61-59-57-55-53-51-48-33-31-29-27-25-23-21-19-17-15-13-11-9-7-2/h9,11,15,17,21,23,27,29,33,48,53,55,59,61,80,84H,6-8,10,12-14,16,18-20,22,24-26,28,30-32,34-47,49-52,54,56-58,60,62-79H2,1-5H3/p+1/b11-9-,17-15-,23-21-,29-27-,48-33-,55-53-,61-59-. The number of carbonyl (C=O) groups excluding carboxylic acids is 2. The van der Waals surface area contributed by atoms with E-state index in [1.54, 1.807) is 0 Å². The first-order valence-electron chi connectivity index (χ1n) is 39.8. The molecule has 0 radical (unpaired) electrons. The highest BCUT2D eigenvalue weighted by molar-refractivity contribution is 5.71. The molecule has 0 aromatic carbocycles. The van der Waals surface area contributed by atoms with Gasteiger partial charge in [-0.2, -0.15) is 0 Å². The summed E-state index contributed by atoms with van der Waals surface area (Å²) in [6, 6.07) is 0. The van der Waals surface area contributed by atoms with E-state index in [9.17, 15) is 19.5 Å². The van der Waals surface area contributed by atoms with Gasteiger partial charge in [-0.05, 0) is 70.6 Å². The third-order valence-corrected chi connectivity index (χ3v) is 17.7. The maximum Gasteiger partial charge on any atom is 0.361 e. The summed E-state index contributed by atoms with van der Waals surface area (Å²) in [6.07, 6.45) is 99.0. The van der Waals surface area contributed by atoms with E-state index in [1.807, 2.05) is 21.1 Å². The molecule has 9 heteroatoms. The summed E-state index contributed by atoms with van der Waals surface area (Å²) in [6.45, 7) is 4.78. The molecule has 0 rings (SSSR count). The van der Waals surface area contributed by atoms with Crippen LogP contribution >= 0.6 is 0 Å². The Hall–Kier alpha value is -3.53. The van der Waals surface area contributed by atoms with Crippen LogP contribution in [0.1, 0.15) is 373 Å². The van der Waals surface area contributed by atoms with Crippen LogP contribution in [0.4, 0.5) is 0 Å². The number of hydrogen-bond donors (Lipinski definition) is 1. The molecule has 9 nitrogen and oxygen atoms in total. The fourth-order valence-corrected chi connectivity index (χ4v) is 11.6. The highest BCUT2D eigenvalue weighted by Crippen LogP contribution is 2.19. The smallest absolute Gasteiger partial charge is 0.361 e. The van der Waals surface area contributed by atoms with Crippen LogP contribution in [-0.2, 0) is 33.3 Å². The molecule has 2 unspecified atom stereocenters. The quantitative estimate of drug-likeness (QED) is 0.0211. The molecule has 0 bridgehead atoms. The molecule has 0 saturated heterocycles. The van der Waals surface area contributed by atoms with Gasteiger partial charge in [0.2, 0.25) is 0 Å². The van der Waals surface area contributed by atoms with E-state index in [2.05, 4.69) is 98.9 Å². The number of carbonyl (C=O) groups is 3. The van der Waals surface area contributed by atoms with Crippen molar-refractivity contribution in [1.82, 2.24) is 0 Å². The van der Waals surface area contributed by atoms with Gasteiger partial charge in [0.1, 0.15) is 13.2 Å².